The minimum Gasteiger partial charge on any atom is -0.494 e. The molecule has 0 radical (unpaired) electrons. The number of halogens is 4. The Balaban J connectivity index is 1.98. The number of carboxylic acid groups (broad SMARTS) is 1. The molecule has 6 nitrogen and oxygen atoms in total. The van der Waals surface area contributed by atoms with Crippen LogP contribution in [0.15, 0.2) is 46.0 Å². The lowest BCUT2D eigenvalue weighted by Gasteiger charge is -2.29. The van der Waals surface area contributed by atoms with Gasteiger partial charge in [0.2, 0.25) is 0 Å². The maximum absolute atomic E-state index is 14.3. The highest BCUT2D eigenvalue weighted by Crippen LogP contribution is 2.43. The van der Waals surface area contributed by atoms with Gasteiger partial charge in [-0.05, 0) is 24.1 Å². The predicted octanol–water partition coefficient (Wildman–Crippen LogP) is 4.38. The molecule has 1 aliphatic carbocycles. The van der Waals surface area contributed by atoms with Crippen LogP contribution in [0.3, 0.4) is 0 Å². The molecule has 0 saturated heterocycles. The number of ether oxygens (including phenoxy) is 2. The normalized spacial score (nSPS) is 19.3. The number of hydrogen-bond acceptors (Lipinski definition) is 5. The number of thiophene rings is 1. The number of carbonyl (C=O) groups is 2. The lowest BCUT2D eigenvalue weighted by Crippen LogP contribution is -2.37. The predicted molar refractivity (Wildman–Crippen MR) is 93.8 cm³/mol. The van der Waals surface area contributed by atoms with Crippen LogP contribution in [0.1, 0.15) is 30.1 Å². The van der Waals surface area contributed by atoms with Crippen molar-refractivity contribution in [3.05, 3.63) is 51.5 Å². The number of carbonyl (C=O) groups excluding carboxylic acids is 1. The van der Waals surface area contributed by atoms with E-state index in [0.717, 1.165) is 6.07 Å². The van der Waals surface area contributed by atoms with Crippen molar-refractivity contribution in [2.75, 3.05) is 7.11 Å². The molecule has 1 aromatic heterocycles. The average Bonchev–Trinajstić information content (AvgIpc) is 3.15. The van der Waals surface area contributed by atoms with Gasteiger partial charge in [-0.25, -0.2) is 4.39 Å². The van der Waals surface area contributed by atoms with Crippen LogP contribution in [0.2, 0.25) is 0 Å². The first-order valence-corrected chi connectivity index (χ1v) is 9.13. The number of aliphatic carboxylic acids is 1. The standard InChI is InChI=1S/C18H15F4NO5S/c1-8-10(5-15(24)25)11-4-14(27-2)12(19)6-13(11)23(8)17(26)9-3-16(29-7-9)28-18(20,21)22/h3-4,7,13H,5-6H2,1-2H3,(H,24,25). The van der Waals surface area contributed by atoms with Gasteiger partial charge in [-0.2, -0.15) is 0 Å². The molecule has 156 valence electrons. The molecule has 29 heavy (non-hydrogen) atoms. The molecule has 1 unspecified atom stereocenters. The van der Waals surface area contributed by atoms with Crippen LogP contribution in [0.5, 0.6) is 5.06 Å². The fourth-order valence-electron chi connectivity index (χ4n) is 3.38. The van der Waals surface area contributed by atoms with Crippen molar-refractivity contribution >= 4 is 23.2 Å². The summed E-state index contributed by atoms with van der Waals surface area (Å²) in [7, 11) is 1.27. The number of nitrogens with zero attached hydrogens (tertiary/aromatic N) is 1. The molecule has 1 aliphatic heterocycles. The Kier molecular flexibility index (Phi) is 5.44. The third-order valence-electron chi connectivity index (χ3n) is 4.55. The van der Waals surface area contributed by atoms with E-state index in [1.54, 1.807) is 0 Å². The number of amides is 1. The summed E-state index contributed by atoms with van der Waals surface area (Å²) in [6.45, 7) is 1.51. The molecule has 0 fully saturated rings. The van der Waals surface area contributed by atoms with Gasteiger partial charge in [0.05, 0.1) is 25.1 Å². The fourth-order valence-corrected chi connectivity index (χ4v) is 4.13. The minimum absolute atomic E-state index is 0.0577. The summed E-state index contributed by atoms with van der Waals surface area (Å²) in [5.74, 6) is -2.49. The molecule has 11 heteroatoms. The molecule has 0 bridgehead atoms. The highest BCUT2D eigenvalue weighted by molar-refractivity contribution is 7.12. The second-order valence-electron chi connectivity index (χ2n) is 6.30. The maximum Gasteiger partial charge on any atom is 0.573 e. The van der Waals surface area contributed by atoms with Gasteiger partial charge in [0.25, 0.3) is 5.91 Å². The van der Waals surface area contributed by atoms with Crippen LogP contribution in [-0.4, -0.2) is 41.4 Å². The zero-order chi connectivity index (χ0) is 21.5. The van der Waals surface area contributed by atoms with Gasteiger partial charge < -0.3 is 19.5 Å². The van der Waals surface area contributed by atoms with E-state index in [2.05, 4.69) is 4.74 Å². The third kappa shape index (κ3) is 4.14. The summed E-state index contributed by atoms with van der Waals surface area (Å²) in [4.78, 5) is 25.5. The Morgan fingerprint density at radius 1 is 1.38 bits per heavy atom. The molecule has 2 aliphatic rings. The average molecular weight is 433 g/mol. The Morgan fingerprint density at radius 3 is 2.66 bits per heavy atom. The number of rotatable bonds is 5. The van der Waals surface area contributed by atoms with Gasteiger partial charge >= 0.3 is 12.3 Å². The van der Waals surface area contributed by atoms with E-state index in [1.165, 1.54) is 30.4 Å². The van der Waals surface area contributed by atoms with E-state index in [1.807, 2.05) is 0 Å². The van der Waals surface area contributed by atoms with Crippen LogP contribution in [0.25, 0.3) is 0 Å². The van der Waals surface area contributed by atoms with Crippen LogP contribution in [-0.2, 0) is 9.53 Å². The molecule has 1 amide bonds. The van der Waals surface area contributed by atoms with Crippen molar-refractivity contribution in [2.45, 2.75) is 32.2 Å². The zero-order valence-electron chi connectivity index (χ0n) is 15.2. The van der Waals surface area contributed by atoms with Gasteiger partial charge in [-0.3, -0.25) is 9.59 Å². The summed E-state index contributed by atoms with van der Waals surface area (Å²) in [5, 5.41) is 9.89. The second-order valence-corrected chi connectivity index (χ2v) is 7.18. The van der Waals surface area contributed by atoms with E-state index in [-0.39, 0.29) is 17.7 Å². The Labute approximate surface area is 166 Å². The summed E-state index contributed by atoms with van der Waals surface area (Å²) >= 11 is 0.592. The maximum atomic E-state index is 14.3. The Hall–Kier alpha value is -2.82. The monoisotopic (exact) mass is 433 g/mol. The zero-order valence-corrected chi connectivity index (χ0v) is 16.0. The van der Waals surface area contributed by atoms with Crippen molar-refractivity contribution in [1.29, 1.82) is 0 Å². The molecule has 1 aromatic rings. The lowest BCUT2D eigenvalue weighted by atomic mass is 9.92. The Morgan fingerprint density at radius 2 is 2.07 bits per heavy atom. The number of carboxylic acids is 1. The van der Waals surface area contributed by atoms with Crippen LogP contribution in [0.4, 0.5) is 17.6 Å². The summed E-state index contributed by atoms with van der Waals surface area (Å²) < 4.78 is 60.2. The fraction of sp³-hybridized carbons (Fsp3) is 0.333. The van der Waals surface area contributed by atoms with Crippen molar-refractivity contribution in [2.24, 2.45) is 0 Å². The summed E-state index contributed by atoms with van der Waals surface area (Å²) in [6, 6.07) is 0.129. The summed E-state index contributed by atoms with van der Waals surface area (Å²) in [5.41, 5.74) is 0.980. The molecule has 3 rings (SSSR count). The Bertz CT molecular complexity index is 960. The van der Waals surface area contributed by atoms with Gasteiger partial charge in [-0.15, -0.1) is 24.5 Å². The number of hydrogen-bond donors (Lipinski definition) is 1. The van der Waals surface area contributed by atoms with Crippen molar-refractivity contribution in [3.8, 4) is 5.06 Å². The molecular formula is C18H15F4NO5S. The lowest BCUT2D eigenvalue weighted by molar-refractivity contribution is -0.273. The van der Waals surface area contributed by atoms with Gasteiger partial charge in [-0.1, -0.05) is 0 Å². The van der Waals surface area contributed by atoms with E-state index >= 15 is 0 Å². The molecule has 2 heterocycles. The first kappa shape index (κ1) is 20.9. The van der Waals surface area contributed by atoms with Gasteiger partial charge in [0.15, 0.2) is 10.8 Å². The first-order chi connectivity index (χ1) is 13.5. The van der Waals surface area contributed by atoms with Crippen molar-refractivity contribution in [3.63, 3.8) is 0 Å². The van der Waals surface area contributed by atoms with E-state index < -0.39 is 41.6 Å². The summed E-state index contributed by atoms with van der Waals surface area (Å²) in [6.07, 6.45) is -4.18. The smallest absolute Gasteiger partial charge is 0.494 e. The molecule has 0 aromatic carbocycles. The van der Waals surface area contributed by atoms with Crippen LogP contribution < -0.4 is 4.74 Å². The van der Waals surface area contributed by atoms with Crippen molar-refractivity contribution < 1.29 is 41.7 Å². The number of alkyl halides is 3. The molecular weight excluding hydrogens is 418 g/mol. The van der Waals surface area contributed by atoms with Crippen LogP contribution in [0, 0.1) is 0 Å². The first-order valence-electron chi connectivity index (χ1n) is 8.25. The SMILES string of the molecule is COC1=C(F)CC2C(=C1)C(CC(=O)O)=C(C)N2C(=O)c1csc(OC(F)(F)F)c1. The molecule has 0 saturated carbocycles. The second kappa shape index (κ2) is 7.54. The topological polar surface area (TPSA) is 76.1 Å². The third-order valence-corrected chi connectivity index (χ3v) is 5.35. The van der Waals surface area contributed by atoms with Gasteiger partial charge in [0, 0.05) is 23.6 Å². The van der Waals surface area contributed by atoms with E-state index in [0.29, 0.717) is 28.2 Å². The van der Waals surface area contributed by atoms with Crippen molar-refractivity contribution in [1.82, 2.24) is 4.90 Å². The largest absolute Gasteiger partial charge is 0.573 e. The van der Waals surface area contributed by atoms with Crippen LogP contribution >= 0.6 is 11.3 Å². The quantitative estimate of drug-likeness (QED) is 0.698. The van der Waals surface area contributed by atoms with E-state index in [9.17, 15) is 32.3 Å². The minimum atomic E-state index is -4.90. The van der Waals surface area contributed by atoms with Gasteiger partial charge in [0.1, 0.15) is 5.83 Å². The molecule has 0 spiro atoms. The number of allylic oxidation sites excluding steroid dienone is 2. The highest BCUT2D eigenvalue weighted by Gasteiger charge is 2.42. The van der Waals surface area contributed by atoms with E-state index in [4.69, 9.17) is 4.74 Å². The highest BCUT2D eigenvalue weighted by atomic mass is 32.1. The molecule has 1 atom stereocenters. The molecule has 1 N–H and O–H groups in total. The number of methoxy groups -OCH3 is 1. The number of fused-ring (bicyclic) bond motifs is 1.